The van der Waals surface area contributed by atoms with Gasteiger partial charge in [-0.15, -0.1) is 0 Å². The Kier molecular flexibility index (Phi) is 8.02. The highest BCUT2D eigenvalue weighted by molar-refractivity contribution is 5.91. The maximum absolute atomic E-state index is 12.1. The number of ketones is 1. The third-order valence-corrected chi connectivity index (χ3v) is 3.79. The van der Waals surface area contributed by atoms with Crippen molar-refractivity contribution in [1.82, 2.24) is 4.90 Å². The van der Waals surface area contributed by atoms with Crippen LogP contribution in [0.4, 0.5) is 10.5 Å². The number of benzene rings is 2. The number of carbonyl (C=O) groups is 3. The average molecular weight is 384 g/mol. The molecule has 0 aromatic heterocycles. The number of anilines is 1. The minimum absolute atomic E-state index is 0.0165. The number of rotatable bonds is 9. The topological polar surface area (TPSA) is 84.9 Å². The van der Waals surface area contributed by atoms with Gasteiger partial charge in [-0.1, -0.05) is 36.4 Å². The summed E-state index contributed by atoms with van der Waals surface area (Å²) in [6, 6.07) is 16.0. The summed E-state index contributed by atoms with van der Waals surface area (Å²) in [4.78, 5) is 37.1. The van der Waals surface area contributed by atoms with Gasteiger partial charge in [-0.2, -0.15) is 0 Å². The third-order valence-electron chi connectivity index (χ3n) is 3.79. The molecule has 7 heteroatoms. The van der Waals surface area contributed by atoms with Crippen molar-refractivity contribution < 1.29 is 23.9 Å². The molecule has 2 aromatic carbocycles. The van der Waals surface area contributed by atoms with Gasteiger partial charge in [0.15, 0.2) is 5.78 Å². The fourth-order valence-corrected chi connectivity index (χ4v) is 2.39. The highest BCUT2D eigenvalue weighted by atomic mass is 16.6. The van der Waals surface area contributed by atoms with E-state index in [0.29, 0.717) is 17.9 Å². The Morgan fingerprint density at radius 2 is 1.75 bits per heavy atom. The molecule has 0 heterocycles. The SMILES string of the molecule is CCOC(=O)c1cccc(NCC(=O)CN(C)C(=O)OCc2ccccc2)c1. The van der Waals surface area contributed by atoms with Gasteiger partial charge in [-0.25, -0.2) is 9.59 Å². The minimum Gasteiger partial charge on any atom is -0.462 e. The maximum Gasteiger partial charge on any atom is 0.410 e. The highest BCUT2D eigenvalue weighted by Gasteiger charge is 2.14. The maximum atomic E-state index is 12.1. The number of likely N-dealkylation sites (N-methyl/N-ethyl adjacent to an activating group) is 1. The molecular weight excluding hydrogens is 360 g/mol. The highest BCUT2D eigenvalue weighted by Crippen LogP contribution is 2.11. The second-order valence-corrected chi connectivity index (χ2v) is 6.09. The lowest BCUT2D eigenvalue weighted by molar-refractivity contribution is -0.118. The zero-order valence-corrected chi connectivity index (χ0v) is 16.0. The summed E-state index contributed by atoms with van der Waals surface area (Å²) >= 11 is 0. The molecule has 28 heavy (non-hydrogen) atoms. The first-order valence-electron chi connectivity index (χ1n) is 8.94. The van der Waals surface area contributed by atoms with Gasteiger partial charge in [-0.05, 0) is 30.7 Å². The molecule has 0 aliphatic carbocycles. The Morgan fingerprint density at radius 1 is 1.00 bits per heavy atom. The summed E-state index contributed by atoms with van der Waals surface area (Å²) in [5, 5.41) is 2.95. The van der Waals surface area contributed by atoms with Crippen molar-refractivity contribution in [2.45, 2.75) is 13.5 Å². The Bertz CT molecular complexity index is 807. The number of ether oxygens (including phenoxy) is 2. The molecule has 0 bridgehead atoms. The van der Waals surface area contributed by atoms with Gasteiger partial charge in [-0.3, -0.25) is 4.79 Å². The fourth-order valence-electron chi connectivity index (χ4n) is 2.39. The first kappa shape index (κ1) is 21.0. The zero-order valence-electron chi connectivity index (χ0n) is 16.0. The lowest BCUT2D eigenvalue weighted by atomic mass is 10.2. The normalized spacial score (nSPS) is 10.1. The van der Waals surface area contributed by atoms with E-state index in [-0.39, 0.29) is 25.5 Å². The van der Waals surface area contributed by atoms with Gasteiger partial charge in [0.2, 0.25) is 0 Å². The summed E-state index contributed by atoms with van der Waals surface area (Å²) in [6.07, 6.45) is -0.568. The lowest BCUT2D eigenvalue weighted by Gasteiger charge is -2.16. The summed E-state index contributed by atoms with van der Waals surface area (Å²) in [6.45, 7) is 2.11. The van der Waals surface area contributed by atoms with Crippen molar-refractivity contribution >= 4 is 23.5 Å². The van der Waals surface area contributed by atoms with Gasteiger partial charge in [0.05, 0.1) is 25.3 Å². The van der Waals surface area contributed by atoms with Gasteiger partial charge in [0, 0.05) is 12.7 Å². The lowest BCUT2D eigenvalue weighted by Crippen LogP contribution is -2.34. The Hall–Kier alpha value is -3.35. The van der Waals surface area contributed by atoms with E-state index in [1.807, 2.05) is 30.3 Å². The zero-order chi connectivity index (χ0) is 20.4. The molecule has 0 saturated heterocycles. The molecule has 0 atom stereocenters. The largest absolute Gasteiger partial charge is 0.462 e. The molecule has 2 rings (SSSR count). The van der Waals surface area contributed by atoms with E-state index < -0.39 is 12.1 Å². The van der Waals surface area contributed by atoms with E-state index in [9.17, 15) is 14.4 Å². The van der Waals surface area contributed by atoms with E-state index in [4.69, 9.17) is 9.47 Å². The van der Waals surface area contributed by atoms with Gasteiger partial charge in [0.25, 0.3) is 0 Å². The molecular formula is C21H24N2O5. The van der Waals surface area contributed by atoms with E-state index in [1.54, 1.807) is 31.2 Å². The van der Waals surface area contributed by atoms with E-state index in [2.05, 4.69) is 5.32 Å². The predicted octanol–water partition coefficient (Wildman–Crippen LogP) is 3.11. The molecule has 2 aromatic rings. The molecule has 0 aliphatic rings. The molecule has 1 amide bonds. The summed E-state index contributed by atoms with van der Waals surface area (Å²) in [5.74, 6) is -0.612. The van der Waals surface area contributed by atoms with Crippen LogP contribution in [0.15, 0.2) is 54.6 Å². The second-order valence-electron chi connectivity index (χ2n) is 6.09. The minimum atomic E-state index is -0.568. The van der Waals surface area contributed by atoms with Gasteiger partial charge < -0.3 is 19.7 Å². The number of esters is 1. The number of hydrogen-bond donors (Lipinski definition) is 1. The Labute approximate surface area is 164 Å². The van der Waals surface area contributed by atoms with Crippen LogP contribution in [0, 0.1) is 0 Å². The molecule has 0 fully saturated rings. The summed E-state index contributed by atoms with van der Waals surface area (Å²) < 4.78 is 10.1. The molecule has 7 nitrogen and oxygen atoms in total. The van der Waals surface area contributed by atoms with E-state index in [1.165, 1.54) is 11.9 Å². The van der Waals surface area contributed by atoms with Crippen molar-refractivity contribution in [1.29, 1.82) is 0 Å². The van der Waals surface area contributed by atoms with Crippen LogP contribution in [0.25, 0.3) is 0 Å². The number of hydrogen-bond acceptors (Lipinski definition) is 6. The van der Waals surface area contributed by atoms with Crippen LogP contribution in [-0.2, 0) is 20.9 Å². The standard InChI is InChI=1S/C21H24N2O5/c1-3-27-20(25)17-10-7-11-18(12-17)22-13-19(24)14-23(2)21(26)28-15-16-8-5-4-6-9-16/h4-12,22H,3,13-15H2,1-2H3. The smallest absolute Gasteiger partial charge is 0.410 e. The van der Waals surface area contributed by atoms with Crippen LogP contribution in [0.2, 0.25) is 0 Å². The number of nitrogens with one attached hydrogen (secondary N) is 1. The van der Waals surface area contributed by atoms with Crippen LogP contribution in [0.5, 0.6) is 0 Å². The van der Waals surface area contributed by atoms with Crippen molar-refractivity contribution in [2.75, 3.05) is 32.1 Å². The quantitative estimate of drug-likeness (QED) is 0.669. The molecule has 0 aliphatic heterocycles. The molecule has 0 unspecified atom stereocenters. The molecule has 148 valence electrons. The monoisotopic (exact) mass is 384 g/mol. The molecule has 0 spiro atoms. The molecule has 0 saturated carbocycles. The second kappa shape index (κ2) is 10.7. The van der Waals surface area contributed by atoms with Crippen molar-refractivity contribution in [3.63, 3.8) is 0 Å². The first-order chi connectivity index (χ1) is 13.5. The number of carbonyl (C=O) groups excluding carboxylic acids is 3. The van der Waals surface area contributed by atoms with E-state index >= 15 is 0 Å². The van der Waals surface area contributed by atoms with Crippen LogP contribution in [0.1, 0.15) is 22.8 Å². The van der Waals surface area contributed by atoms with Crippen LogP contribution >= 0.6 is 0 Å². The Morgan fingerprint density at radius 3 is 2.46 bits per heavy atom. The Balaban J connectivity index is 1.77. The molecule has 1 N–H and O–H groups in total. The van der Waals surface area contributed by atoms with Gasteiger partial charge in [0.1, 0.15) is 6.61 Å². The van der Waals surface area contributed by atoms with Crippen LogP contribution in [-0.4, -0.2) is 49.5 Å². The fraction of sp³-hybridized carbons (Fsp3) is 0.286. The summed E-state index contributed by atoms with van der Waals surface area (Å²) in [7, 11) is 1.51. The van der Waals surface area contributed by atoms with E-state index in [0.717, 1.165) is 5.56 Å². The van der Waals surface area contributed by atoms with Crippen LogP contribution < -0.4 is 5.32 Å². The van der Waals surface area contributed by atoms with Crippen LogP contribution in [0.3, 0.4) is 0 Å². The van der Waals surface area contributed by atoms with Crippen molar-refractivity contribution in [3.8, 4) is 0 Å². The first-order valence-corrected chi connectivity index (χ1v) is 8.94. The predicted molar refractivity (Wildman–Crippen MR) is 105 cm³/mol. The third kappa shape index (κ3) is 6.75. The number of Topliss-reactive ketones (excluding diaryl/α,β-unsaturated/α-hetero) is 1. The van der Waals surface area contributed by atoms with Gasteiger partial charge >= 0.3 is 12.1 Å². The van der Waals surface area contributed by atoms with Crippen molar-refractivity contribution in [2.24, 2.45) is 0 Å². The average Bonchev–Trinajstić information content (AvgIpc) is 2.71. The summed E-state index contributed by atoms with van der Waals surface area (Å²) in [5.41, 5.74) is 1.90. The molecule has 0 radical (unpaired) electrons. The van der Waals surface area contributed by atoms with Crippen molar-refractivity contribution in [3.05, 3.63) is 65.7 Å². The number of amides is 1. The number of nitrogens with zero attached hydrogens (tertiary/aromatic N) is 1.